The maximum absolute atomic E-state index is 6.32. The number of ether oxygens (including phenoxy) is 1. The molecule has 4 heteroatoms. The van der Waals surface area contributed by atoms with Gasteiger partial charge in [-0.05, 0) is 101 Å². The largest absolute Gasteiger partial charge is 0.374 e. The van der Waals surface area contributed by atoms with E-state index in [2.05, 4.69) is 64.0 Å². The molecule has 0 bridgehead atoms. The fraction of sp³-hybridized carbons (Fsp3) is 1.00. The molecule has 0 amide bonds. The lowest BCUT2D eigenvalue weighted by atomic mass is 9.91. The van der Waals surface area contributed by atoms with Gasteiger partial charge >= 0.3 is 0 Å². The molecule has 1 aliphatic rings. The van der Waals surface area contributed by atoms with Crippen molar-refractivity contribution < 1.29 is 4.74 Å². The van der Waals surface area contributed by atoms with Gasteiger partial charge < -0.3 is 19.9 Å². The number of nitrogens with one attached hydrogen (secondary N) is 1. The molecule has 1 fully saturated rings. The highest BCUT2D eigenvalue weighted by atomic mass is 16.5. The number of hydrogen-bond acceptors (Lipinski definition) is 4. The lowest BCUT2D eigenvalue weighted by Crippen LogP contribution is -2.44. The molecule has 1 rings (SSSR count). The molecule has 0 spiro atoms. The van der Waals surface area contributed by atoms with Crippen LogP contribution in [0.4, 0.5) is 0 Å². The molecule has 1 atom stereocenters. The van der Waals surface area contributed by atoms with Gasteiger partial charge in [0.1, 0.15) is 0 Å². The van der Waals surface area contributed by atoms with Gasteiger partial charge in [-0.3, -0.25) is 0 Å². The second-order valence-electron chi connectivity index (χ2n) is 9.17. The van der Waals surface area contributed by atoms with E-state index >= 15 is 0 Å². The molecular formula is C20H43N3O. The summed E-state index contributed by atoms with van der Waals surface area (Å²) >= 11 is 0. The van der Waals surface area contributed by atoms with Gasteiger partial charge in [-0.2, -0.15) is 0 Å². The summed E-state index contributed by atoms with van der Waals surface area (Å²) in [5.41, 5.74) is 0.134. The third-order valence-electron chi connectivity index (χ3n) is 5.33. The van der Waals surface area contributed by atoms with Crippen LogP contribution in [0.2, 0.25) is 0 Å². The van der Waals surface area contributed by atoms with E-state index in [1.165, 1.54) is 32.2 Å². The van der Waals surface area contributed by atoms with Crippen molar-refractivity contribution >= 4 is 0 Å². The van der Waals surface area contributed by atoms with Gasteiger partial charge in [0.15, 0.2) is 0 Å². The van der Waals surface area contributed by atoms with Crippen molar-refractivity contribution in [3.8, 4) is 0 Å². The van der Waals surface area contributed by atoms with Gasteiger partial charge in [0.05, 0.1) is 12.2 Å². The molecule has 144 valence electrons. The monoisotopic (exact) mass is 341 g/mol. The molecule has 1 saturated heterocycles. The van der Waals surface area contributed by atoms with Crippen molar-refractivity contribution in [2.75, 3.05) is 47.4 Å². The highest BCUT2D eigenvalue weighted by Crippen LogP contribution is 2.24. The quantitative estimate of drug-likeness (QED) is 0.583. The molecule has 4 nitrogen and oxygen atoms in total. The topological polar surface area (TPSA) is 27.7 Å². The number of rotatable bonds is 11. The highest BCUT2D eigenvalue weighted by Gasteiger charge is 2.27. The predicted octanol–water partition coefficient (Wildman–Crippen LogP) is 3.37. The summed E-state index contributed by atoms with van der Waals surface area (Å²) in [5, 5.41) is 3.71. The summed E-state index contributed by atoms with van der Waals surface area (Å²) in [6.45, 7) is 13.4. The van der Waals surface area contributed by atoms with Crippen molar-refractivity contribution in [3.05, 3.63) is 0 Å². The lowest BCUT2D eigenvalue weighted by molar-refractivity contribution is -0.0573. The molecule has 1 unspecified atom stereocenters. The summed E-state index contributed by atoms with van der Waals surface area (Å²) in [6, 6.07) is 0.607. The summed E-state index contributed by atoms with van der Waals surface area (Å²) in [6.07, 6.45) is 7.40. The summed E-state index contributed by atoms with van der Waals surface area (Å²) in [4.78, 5) is 4.71. The van der Waals surface area contributed by atoms with Crippen molar-refractivity contribution in [2.24, 2.45) is 0 Å². The lowest BCUT2D eigenvalue weighted by Gasteiger charge is -2.36. The maximum Gasteiger partial charge on any atom is 0.0628 e. The van der Waals surface area contributed by atoms with E-state index in [-0.39, 0.29) is 11.1 Å². The summed E-state index contributed by atoms with van der Waals surface area (Å²) < 4.78 is 6.32. The first-order chi connectivity index (χ1) is 11.1. The van der Waals surface area contributed by atoms with Crippen LogP contribution in [-0.4, -0.2) is 74.4 Å². The van der Waals surface area contributed by atoms with Crippen LogP contribution in [0.25, 0.3) is 0 Å². The zero-order chi connectivity index (χ0) is 18.2. The van der Waals surface area contributed by atoms with E-state index in [9.17, 15) is 0 Å². The number of nitrogens with zero attached hydrogens (tertiary/aromatic N) is 2. The van der Waals surface area contributed by atoms with E-state index in [1.807, 2.05) is 0 Å². The molecule has 24 heavy (non-hydrogen) atoms. The van der Waals surface area contributed by atoms with Crippen molar-refractivity contribution in [3.63, 3.8) is 0 Å². The molecule has 0 aromatic carbocycles. The highest BCUT2D eigenvalue weighted by molar-refractivity contribution is 4.83. The second-order valence-corrected chi connectivity index (χ2v) is 9.17. The molecule has 1 N–H and O–H groups in total. The van der Waals surface area contributed by atoms with E-state index < -0.39 is 0 Å². The van der Waals surface area contributed by atoms with Crippen molar-refractivity contribution in [1.82, 2.24) is 15.1 Å². The number of hydrogen-bond donors (Lipinski definition) is 1. The molecule has 1 heterocycles. The number of likely N-dealkylation sites (tertiary alicyclic amines) is 1. The van der Waals surface area contributed by atoms with E-state index in [0.717, 1.165) is 32.5 Å². The minimum Gasteiger partial charge on any atom is -0.374 e. The van der Waals surface area contributed by atoms with Gasteiger partial charge in [-0.25, -0.2) is 0 Å². The first-order valence-electron chi connectivity index (χ1n) is 9.85. The Labute approximate surface area is 151 Å². The fourth-order valence-corrected chi connectivity index (χ4v) is 3.27. The molecular weight excluding hydrogens is 298 g/mol. The first-order valence-corrected chi connectivity index (χ1v) is 9.85. The van der Waals surface area contributed by atoms with Crippen LogP contribution >= 0.6 is 0 Å². The molecule has 0 saturated carbocycles. The summed E-state index contributed by atoms with van der Waals surface area (Å²) in [7, 11) is 6.50. The van der Waals surface area contributed by atoms with Crippen molar-refractivity contribution in [2.45, 2.75) is 83.4 Å². The van der Waals surface area contributed by atoms with Gasteiger partial charge in [0.25, 0.3) is 0 Å². The molecule has 0 aliphatic carbocycles. The molecule has 0 radical (unpaired) electrons. The fourth-order valence-electron chi connectivity index (χ4n) is 3.27. The Morgan fingerprint density at radius 2 is 1.83 bits per heavy atom. The molecule has 0 aromatic rings. The SMILES string of the molecule is CN(C)CCCNC(C)(C)CCC(C)(C)OCC1CCCCN1C. The normalized spacial score (nSPS) is 20.8. The van der Waals surface area contributed by atoms with Gasteiger partial charge in [-0.15, -0.1) is 0 Å². The van der Waals surface area contributed by atoms with Crippen LogP contribution in [0.15, 0.2) is 0 Å². The van der Waals surface area contributed by atoms with Gasteiger partial charge in [0.2, 0.25) is 0 Å². The van der Waals surface area contributed by atoms with Crippen LogP contribution in [-0.2, 0) is 4.74 Å². The molecule has 0 aromatic heterocycles. The Kier molecular flexibility index (Phi) is 9.21. The zero-order valence-corrected chi connectivity index (χ0v) is 17.5. The minimum absolute atomic E-state index is 0.0408. The third kappa shape index (κ3) is 9.36. The van der Waals surface area contributed by atoms with Crippen LogP contribution in [0.1, 0.15) is 66.2 Å². The number of piperidine rings is 1. The zero-order valence-electron chi connectivity index (χ0n) is 17.5. The van der Waals surface area contributed by atoms with Crippen LogP contribution in [0.5, 0.6) is 0 Å². The average Bonchev–Trinajstić information content (AvgIpc) is 2.49. The summed E-state index contributed by atoms with van der Waals surface area (Å²) in [5.74, 6) is 0. The molecule has 1 aliphatic heterocycles. The Balaban J connectivity index is 2.26. The second kappa shape index (κ2) is 10.1. The van der Waals surface area contributed by atoms with E-state index in [1.54, 1.807) is 0 Å². The third-order valence-corrected chi connectivity index (χ3v) is 5.33. The number of likely N-dealkylation sites (N-methyl/N-ethyl adjacent to an activating group) is 1. The predicted molar refractivity (Wildman–Crippen MR) is 105 cm³/mol. The Hall–Kier alpha value is -0.160. The van der Waals surface area contributed by atoms with Crippen LogP contribution in [0, 0.1) is 0 Å². The van der Waals surface area contributed by atoms with Crippen molar-refractivity contribution in [1.29, 1.82) is 0 Å². The van der Waals surface area contributed by atoms with Crippen LogP contribution < -0.4 is 5.32 Å². The Morgan fingerprint density at radius 1 is 1.12 bits per heavy atom. The van der Waals surface area contributed by atoms with Crippen LogP contribution in [0.3, 0.4) is 0 Å². The maximum atomic E-state index is 6.32. The Morgan fingerprint density at radius 3 is 2.46 bits per heavy atom. The minimum atomic E-state index is -0.0408. The van der Waals surface area contributed by atoms with Gasteiger partial charge in [-0.1, -0.05) is 6.42 Å². The average molecular weight is 342 g/mol. The van der Waals surface area contributed by atoms with Gasteiger partial charge in [0, 0.05) is 11.6 Å². The smallest absolute Gasteiger partial charge is 0.0628 e. The Bertz CT molecular complexity index is 342. The van der Waals surface area contributed by atoms with E-state index in [4.69, 9.17) is 4.74 Å². The standard InChI is InChI=1S/C20H43N3O/c1-19(2,21-14-10-15-22(5)6)12-13-20(3,4)24-17-18-11-8-9-16-23(18)7/h18,21H,8-17H2,1-7H3. The van der Waals surface area contributed by atoms with E-state index in [0.29, 0.717) is 6.04 Å². The first kappa shape index (κ1) is 21.9.